The van der Waals surface area contributed by atoms with Crippen molar-refractivity contribution in [1.29, 1.82) is 0 Å². The summed E-state index contributed by atoms with van der Waals surface area (Å²) in [4.78, 5) is 55.5. The lowest BCUT2D eigenvalue weighted by molar-refractivity contribution is -0.140. The Balaban J connectivity index is 1.45. The van der Waals surface area contributed by atoms with Gasteiger partial charge in [0.05, 0.1) is 25.0 Å². The highest BCUT2D eigenvalue weighted by atomic mass is 16.5. The van der Waals surface area contributed by atoms with Crippen LogP contribution in [0.15, 0.2) is 83.0 Å². The quantitative estimate of drug-likeness (QED) is 0.354. The molecule has 0 saturated carbocycles. The van der Waals surface area contributed by atoms with Gasteiger partial charge >= 0.3 is 0 Å². The minimum atomic E-state index is -0.601. The average molecular weight is 524 g/mol. The number of likely N-dealkylation sites (tertiary alicyclic amines) is 1. The van der Waals surface area contributed by atoms with Crippen LogP contribution < -0.4 is 4.74 Å². The van der Waals surface area contributed by atoms with Crippen LogP contribution in [-0.4, -0.2) is 40.0 Å². The number of imide groups is 1. The van der Waals surface area contributed by atoms with Crippen molar-refractivity contribution < 1.29 is 29.0 Å². The van der Waals surface area contributed by atoms with Crippen LogP contribution in [0.3, 0.4) is 0 Å². The number of fused-ring (bicyclic) bond motifs is 3. The van der Waals surface area contributed by atoms with E-state index in [1.807, 2.05) is 43.3 Å². The highest BCUT2D eigenvalue weighted by Gasteiger charge is 2.56. The molecule has 1 heterocycles. The second-order valence-corrected chi connectivity index (χ2v) is 10.6. The highest BCUT2D eigenvalue weighted by Crippen LogP contribution is 2.55. The Morgan fingerprint density at radius 3 is 2.51 bits per heavy atom. The number of Topliss-reactive ketones (excluding diaryl/α,β-unsaturated/α-hetero) is 1. The van der Waals surface area contributed by atoms with Crippen molar-refractivity contribution in [1.82, 2.24) is 4.90 Å². The summed E-state index contributed by atoms with van der Waals surface area (Å²) < 4.78 is 5.63. The van der Waals surface area contributed by atoms with Gasteiger partial charge in [-0.1, -0.05) is 48.0 Å². The molecule has 198 valence electrons. The van der Waals surface area contributed by atoms with Gasteiger partial charge in [0.25, 0.3) is 0 Å². The molecule has 2 amide bonds. The number of amides is 2. The van der Waals surface area contributed by atoms with Crippen LogP contribution in [0.2, 0.25) is 0 Å². The molecule has 3 aliphatic carbocycles. The number of phenolic OH excluding ortho intramolecular Hbond substituents is 1. The molecule has 7 heteroatoms. The van der Waals surface area contributed by atoms with Gasteiger partial charge in [-0.15, -0.1) is 0 Å². The average Bonchev–Trinajstić information content (AvgIpc) is 3.17. The normalized spacial score (nSPS) is 26.2. The van der Waals surface area contributed by atoms with E-state index in [4.69, 9.17) is 4.74 Å². The van der Waals surface area contributed by atoms with Crippen LogP contribution in [0, 0.1) is 17.8 Å². The van der Waals surface area contributed by atoms with E-state index in [1.54, 1.807) is 19.1 Å². The molecule has 0 spiro atoms. The summed E-state index contributed by atoms with van der Waals surface area (Å²) in [7, 11) is 0. The molecule has 0 aromatic heterocycles. The fourth-order valence-corrected chi connectivity index (χ4v) is 6.71. The molecule has 1 N–H and O–H groups in total. The summed E-state index contributed by atoms with van der Waals surface area (Å²) >= 11 is 0. The minimum absolute atomic E-state index is 0.0184. The molecule has 6 rings (SSSR count). The number of benzene rings is 2. The van der Waals surface area contributed by atoms with E-state index < -0.39 is 23.7 Å². The van der Waals surface area contributed by atoms with Gasteiger partial charge in [0, 0.05) is 22.6 Å². The largest absolute Gasteiger partial charge is 0.504 e. The molecule has 4 atom stereocenters. The molecule has 1 aliphatic heterocycles. The van der Waals surface area contributed by atoms with Gasteiger partial charge in [-0.05, 0) is 61.9 Å². The van der Waals surface area contributed by atoms with Crippen LogP contribution in [0.5, 0.6) is 11.5 Å². The summed E-state index contributed by atoms with van der Waals surface area (Å²) in [6, 6.07) is 14.4. The zero-order chi connectivity index (χ0) is 27.4. The predicted octanol–water partition coefficient (Wildman–Crippen LogP) is 4.42. The van der Waals surface area contributed by atoms with E-state index in [1.165, 1.54) is 17.0 Å². The number of ketones is 2. The summed E-state index contributed by atoms with van der Waals surface area (Å²) in [6.45, 7) is 4.01. The topological polar surface area (TPSA) is 101 Å². The number of carbonyl (C=O) groups is 4. The van der Waals surface area contributed by atoms with E-state index in [-0.39, 0.29) is 47.8 Å². The van der Waals surface area contributed by atoms with Gasteiger partial charge in [-0.2, -0.15) is 0 Å². The number of allylic oxidation sites excluding steroid dienone is 6. The zero-order valence-corrected chi connectivity index (χ0v) is 21.8. The number of nitrogens with zero attached hydrogens (tertiary/aromatic N) is 1. The maximum atomic E-state index is 13.8. The Morgan fingerprint density at radius 2 is 1.77 bits per heavy atom. The third kappa shape index (κ3) is 3.95. The third-order valence-corrected chi connectivity index (χ3v) is 8.46. The van der Waals surface area contributed by atoms with E-state index in [2.05, 4.69) is 0 Å². The summed E-state index contributed by atoms with van der Waals surface area (Å²) in [6.07, 6.45) is 4.00. The highest BCUT2D eigenvalue weighted by molar-refractivity contribution is 6.23. The van der Waals surface area contributed by atoms with Crippen molar-refractivity contribution in [3.05, 3.63) is 94.1 Å². The van der Waals surface area contributed by atoms with Crippen molar-refractivity contribution in [3.63, 3.8) is 0 Å². The van der Waals surface area contributed by atoms with Gasteiger partial charge in [0.1, 0.15) is 0 Å². The van der Waals surface area contributed by atoms with Crippen LogP contribution in [-0.2, 0) is 25.7 Å². The Labute approximate surface area is 226 Å². The molecular formula is C32H29NO6. The fourth-order valence-electron chi connectivity index (χ4n) is 6.71. The maximum Gasteiger partial charge on any atom is 0.234 e. The number of rotatable bonds is 5. The van der Waals surface area contributed by atoms with Crippen molar-refractivity contribution in [2.24, 2.45) is 17.8 Å². The second kappa shape index (κ2) is 9.49. The monoisotopic (exact) mass is 523 g/mol. The van der Waals surface area contributed by atoms with Gasteiger partial charge in [-0.25, -0.2) is 0 Å². The van der Waals surface area contributed by atoms with E-state index in [9.17, 15) is 24.3 Å². The molecule has 4 aliphatic rings. The zero-order valence-electron chi connectivity index (χ0n) is 21.8. The Morgan fingerprint density at radius 1 is 1.00 bits per heavy atom. The molecule has 0 radical (unpaired) electrons. The van der Waals surface area contributed by atoms with Gasteiger partial charge in [0.2, 0.25) is 11.8 Å². The van der Waals surface area contributed by atoms with E-state index in [0.717, 1.165) is 11.1 Å². The van der Waals surface area contributed by atoms with Gasteiger partial charge in [0.15, 0.2) is 23.1 Å². The number of hydrogen-bond acceptors (Lipinski definition) is 6. The molecule has 7 nitrogen and oxygen atoms in total. The first kappa shape index (κ1) is 25.0. The smallest absolute Gasteiger partial charge is 0.234 e. The van der Waals surface area contributed by atoms with Crippen LogP contribution in [0.1, 0.15) is 43.7 Å². The lowest BCUT2D eigenvalue weighted by Crippen LogP contribution is -2.39. The Hall–Kier alpha value is -4.26. The number of ether oxygens (including phenoxy) is 1. The molecule has 2 aromatic carbocycles. The molecule has 0 bridgehead atoms. The molecule has 39 heavy (non-hydrogen) atoms. The van der Waals surface area contributed by atoms with Crippen molar-refractivity contribution in [3.8, 4) is 11.5 Å². The van der Waals surface area contributed by atoms with Gasteiger partial charge in [-0.3, -0.25) is 24.1 Å². The van der Waals surface area contributed by atoms with Crippen LogP contribution >= 0.6 is 0 Å². The first-order chi connectivity index (χ1) is 18.8. The predicted molar refractivity (Wildman–Crippen MR) is 143 cm³/mol. The third-order valence-electron chi connectivity index (χ3n) is 8.46. The lowest BCUT2D eigenvalue weighted by atomic mass is 9.59. The number of carbonyl (C=O) groups excluding carboxylic acids is 4. The first-order valence-corrected chi connectivity index (χ1v) is 13.3. The Bertz CT molecular complexity index is 1510. The van der Waals surface area contributed by atoms with E-state index >= 15 is 0 Å². The van der Waals surface area contributed by atoms with Crippen molar-refractivity contribution >= 4 is 23.4 Å². The standard InChI is InChI=1S/C32H29NO6/c1-3-39-26-14-19(9-12-24(26)34)27-20-10-11-21-28(22(20)15-23-25(35)13-17(2)30(36)29(23)27)32(38)33(31(21)37)16-18-7-5-4-6-8-18/h4-10,12-14,21-22,27-28,34H,3,11,15-16H2,1-2H3/t21-,22+,27-,28-/m0/s1. The summed E-state index contributed by atoms with van der Waals surface area (Å²) in [5.74, 6) is -2.63. The Kier molecular flexibility index (Phi) is 6.09. The molecule has 0 unspecified atom stereocenters. The minimum Gasteiger partial charge on any atom is -0.504 e. The first-order valence-electron chi connectivity index (χ1n) is 13.3. The maximum absolute atomic E-state index is 13.8. The summed E-state index contributed by atoms with van der Waals surface area (Å²) in [5, 5.41) is 10.3. The summed E-state index contributed by atoms with van der Waals surface area (Å²) in [5.41, 5.74) is 3.66. The SMILES string of the molecule is CCOc1cc([C@H]2C3=CC[C@@H]4C(=O)N(Cc5ccccc5)C(=O)[C@@H]4[C@@H]3CC3=C2C(=O)C(C)=CC3=O)ccc1O. The number of phenols is 1. The molecule has 1 saturated heterocycles. The van der Waals surface area contributed by atoms with E-state index in [0.29, 0.717) is 35.3 Å². The number of aromatic hydroxyl groups is 1. The molecular weight excluding hydrogens is 494 g/mol. The number of hydrogen-bond donors (Lipinski definition) is 1. The van der Waals surface area contributed by atoms with Gasteiger partial charge < -0.3 is 9.84 Å². The van der Waals surface area contributed by atoms with Crippen LogP contribution in [0.4, 0.5) is 0 Å². The second-order valence-electron chi connectivity index (χ2n) is 10.6. The fraction of sp³-hybridized carbons (Fsp3) is 0.312. The van der Waals surface area contributed by atoms with Crippen molar-refractivity contribution in [2.75, 3.05) is 6.61 Å². The van der Waals surface area contributed by atoms with Crippen LogP contribution in [0.25, 0.3) is 0 Å². The molecule has 2 aromatic rings. The van der Waals surface area contributed by atoms with Crippen molar-refractivity contribution in [2.45, 2.75) is 39.2 Å². The lowest BCUT2D eigenvalue weighted by Gasteiger charge is -2.42. The molecule has 1 fully saturated rings.